The van der Waals surface area contributed by atoms with Crippen LogP contribution in [0.4, 0.5) is 0 Å². The Bertz CT molecular complexity index is 787. The van der Waals surface area contributed by atoms with Crippen molar-refractivity contribution in [2.45, 2.75) is 6.42 Å². The highest BCUT2D eigenvalue weighted by atomic mass is 16.7. The number of hydrogen-bond donors (Lipinski definition) is 1. The summed E-state index contributed by atoms with van der Waals surface area (Å²) >= 11 is 0. The largest absolute Gasteiger partial charge is 0.497 e. The maximum absolute atomic E-state index is 12.0. The summed E-state index contributed by atoms with van der Waals surface area (Å²) in [6.07, 6.45) is 0.672. The molecule has 1 N–H and O–H groups in total. The number of carbonyl (C=O) groups is 2. The van der Waals surface area contributed by atoms with Crippen LogP contribution < -0.4 is 19.5 Å². The lowest BCUT2D eigenvalue weighted by Crippen LogP contribution is -2.30. The smallest absolute Gasteiger partial charge is 0.338 e. The number of amides is 1. The van der Waals surface area contributed by atoms with Crippen LogP contribution in [0.5, 0.6) is 17.2 Å². The van der Waals surface area contributed by atoms with E-state index in [1.807, 2.05) is 24.3 Å². The minimum Gasteiger partial charge on any atom is -0.497 e. The van der Waals surface area contributed by atoms with Crippen molar-refractivity contribution in [3.63, 3.8) is 0 Å². The number of fused-ring (bicyclic) bond motifs is 1. The topological polar surface area (TPSA) is 83.1 Å². The molecule has 0 saturated heterocycles. The molecular weight excluding hydrogens is 338 g/mol. The number of hydrogen-bond acceptors (Lipinski definition) is 6. The summed E-state index contributed by atoms with van der Waals surface area (Å²) in [4.78, 5) is 23.8. The van der Waals surface area contributed by atoms with Crippen LogP contribution in [0.3, 0.4) is 0 Å². The summed E-state index contributed by atoms with van der Waals surface area (Å²) < 4.78 is 20.5. The van der Waals surface area contributed by atoms with E-state index in [1.54, 1.807) is 19.2 Å². The van der Waals surface area contributed by atoms with E-state index >= 15 is 0 Å². The van der Waals surface area contributed by atoms with Crippen LogP contribution in [0, 0.1) is 0 Å². The van der Waals surface area contributed by atoms with Crippen LogP contribution in [0.25, 0.3) is 0 Å². The van der Waals surface area contributed by atoms with Gasteiger partial charge in [0.2, 0.25) is 6.79 Å². The van der Waals surface area contributed by atoms with E-state index in [2.05, 4.69) is 5.32 Å². The highest BCUT2D eigenvalue weighted by Crippen LogP contribution is 2.32. The standard InChI is InChI=1S/C19H19NO6/c1-23-15-5-2-13(3-6-15)8-9-20-18(21)11-24-19(22)14-4-7-16-17(10-14)26-12-25-16/h2-7,10H,8-9,11-12H2,1H3,(H,20,21). The SMILES string of the molecule is COc1ccc(CCNC(=O)COC(=O)c2ccc3c(c2)OCO3)cc1. The van der Waals surface area contributed by atoms with Crippen LogP contribution in [0.1, 0.15) is 15.9 Å². The Morgan fingerprint density at radius 1 is 1.08 bits per heavy atom. The van der Waals surface area contributed by atoms with Crippen molar-refractivity contribution in [1.29, 1.82) is 0 Å². The van der Waals surface area contributed by atoms with E-state index in [4.69, 9.17) is 18.9 Å². The van der Waals surface area contributed by atoms with Gasteiger partial charge in [-0.25, -0.2) is 4.79 Å². The summed E-state index contributed by atoms with van der Waals surface area (Å²) in [5, 5.41) is 2.72. The number of methoxy groups -OCH3 is 1. The summed E-state index contributed by atoms with van der Waals surface area (Å²) in [5.41, 5.74) is 1.38. The first-order valence-corrected chi connectivity index (χ1v) is 8.12. The Kier molecular flexibility index (Phi) is 5.58. The highest BCUT2D eigenvalue weighted by Gasteiger charge is 2.17. The molecule has 0 aromatic heterocycles. The van der Waals surface area contributed by atoms with Gasteiger partial charge in [-0.05, 0) is 42.3 Å². The third-order valence-electron chi connectivity index (χ3n) is 3.84. The second-order valence-corrected chi connectivity index (χ2v) is 5.59. The van der Waals surface area contributed by atoms with Gasteiger partial charge in [-0.1, -0.05) is 12.1 Å². The molecule has 0 fully saturated rings. The molecule has 7 nitrogen and oxygen atoms in total. The monoisotopic (exact) mass is 357 g/mol. The molecule has 0 aliphatic carbocycles. The Labute approximate surface area is 150 Å². The van der Waals surface area contributed by atoms with Crippen LogP contribution in [0.2, 0.25) is 0 Å². The number of nitrogens with one attached hydrogen (secondary N) is 1. The molecule has 7 heteroatoms. The number of ether oxygens (including phenoxy) is 4. The van der Waals surface area contributed by atoms with Crippen LogP contribution in [-0.2, 0) is 16.0 Å². The molecule has 26 heavy (non-hydrogen) atoms. The van der Waals surface area contributed by atoms with Gasteiger partial charge in [-0.3, -0.25) is 4.79 Å². The second kappa shape index (κ2) is 8.24. The van der Waals surface area contributed by atoms with Gasteiger partial charge >= 0.3 is 5.97 Å². The molecule has 1 aliphatic rings. The third-order valence-corrected chi connectivity index (χ3v) is 3.84. The summed E-state index contributed by atoms with van der Waals surface area (Å²) in [6, 6.07) is 12.3. The van der Waals surface area contributed by atoms with Crippen molar-refractivity contribution in [3.8, 4) is 17.2 Å². The molecule has 136 valence electrons. The van der Waals surface area contributed by atoms with E-state index < -0.39 is 5.97 Å². The Balaban J connectivity index is 1.40. The van der Waals surface area contributed by atoms with Gasteiger partial charge in [-0.15, -0.1) is 0 Å². The molecule has 0 saturated carbocycles. The van der Waals surface area contributed by atoms with Crippen molar-refractivity contribution < 1.29 is 28.5 Å². The van der Waals surface area contributed by atoms with E-state index in [1.165, 1.54) is 6.07 Å². The van der Waals surface area contributed by atoms with E-state index in [0.717, 1.165) is 11.3 Å². The summed E-state index contributed by atoms with van der Waals surface area (Å²) in [5.74, 6) is 0.913. The van der Waals surface area contributed by atoms with Gasteiger partial charge in [-0.2, -0.15) is 0 Å². The van der Waals surface area contributed by atoms with Crippen molar-refractivity contribution in [2.24, 2.45) is 0 Å². The predicted octanol–water partition coefficient (Wildman–Crippen LogP) is 1.94. The van der Waals surface area contributed by atoms with Crippen molar-refractivity contribution >= 4 is 11.9 Å². The third kappa shape index (κ3) is 4.44. The van der Waals surface area contributed by atoms with Gasteiger partial charge in [0.05, 0.1) is 12.7 Å². The molecule has 1 aliphatic heterocycles. The van der Waals surface area contributed by atoms with Gasteiger partial charge in [0.1, 0.15) is 5.75 Å². The van der Waals surface area contributed by atoms with Gasteiger partial charge < -0.3 is 24.3 Å². The van der Waals surface area contributed by atoms with Crippen LogP contribution in [-0.4, -0.2) is 38.9 Å². The first-order valence-electron chi connectivity index (χ1n) is 8.12. The van der Waals surface area contributed by atoms with E-state index in [-0.39, 0.29) is 19.3 Å². The molecule has 2 aromatic rings. The first kappa shape index (κ1) is 17.6. The average Bonchev–Trinajstić information content (AvgIpc) is 3.14. The molecule has 0 atom stereocenters. The van der Waals surface area contributed by atoms with Gasteiger partial charge in [0, 0.05) is 6.54 Å². The first-order chi connectivity index (χ1) is 12.7. The zero-order valence-corrected chi connectivity index (χ0v) is 14.3. The van der Waals surface area contributed by atoms with E-state index in [9.17, 15) is 9.59 Å². The fourth-order valence-corrected chi connectivity index (χ4v) is 2.43. The maximum Gasteiger partial charge on any atom is 0.338 e. The minimum absolute atomic E-state index is 0.129. The highest BCUT2D eigenvalue weighted by molar-refractivity contribution is 5.92. The minimum atomic E-state index is -0.589. The van der Waals surface area contributed by atoms with E-state index in [0.29, 0.717) is 30.0 Å². The zero-order valence-electron chi connectivity index (χ0n) is 14.3. The normalized spacial score (nSPS) is 11.7. The zero-order chi connectivity index (χ0) is 18.4. The van der Waals surface area contributed by atoms with Gasteiger partial charge in [0.25, 0.3) is 5.91 Å². The molecule has 0 bridgehead atoms. The summed E-state index contributed by atoms with van der Waals surface area (Å²) in [7, 11) is 1.61. The molecule has 1 heterocycles. The molecule has 0 radical (unpaired) electrons. The number of esters is 1. The lowest BCUT2D eigenvalue weighted by atomic mass is 10.1. The number of benzene rings is 2. The molecule has 1 amide bonds. The fraction of sp³-hybridized carbons (Fsp3) is 0.263. The average molecular weight is 357 g/mol. The van der Waals surface area contributed by atoms with Crippen LogP contribution >= 0.6 is 0 Å². The van der Waals surface area contributed by atoms with Crippen molar-refractivity contribution in [3.05, 3.63) is 53.6 Å². The molecular formula is C19H19NO6. The number of rotatable bonds is 7. The van der Waals surface area contributed by atoms with Crippen molar-refractivity contribution in [1.82, 2.24) is 5.32 Å². The van der Waals surface area contributed by atoms with Gasteiger partial charge in [0.15, 0.2) is 18.1 Å². The Hall–Kier alpha value is -3.22. The predicted molar refractivity (Wildman–Crippen MR) is 92.6 cm³/mol. The fourth-order valence-electron chi connectivity index (χ4n) is 2.43. The molecule has 3 rings (SSSR count). The maximum atomic E-state index is 12.0. The second-order valence-electron chi connectivity index (χ2n) is 5.59. The summed E-state index contributed by atoms with van der Waals surface area (Å²) in [6.45, 7) is 0.243. The molecule has 2 aromatic carbocycles. The lowest BCUT2D eigenvalue weighted by Gasteiger charge is -2.07. The molecule has 0 spiro atoms. The van der Waals surface area contributed by atoms with Crippen molar-refractivity contribution in [2.75, 3.05) is 27.1 Å². The quantitative estimate of drug-likeness (QED) is 0.763. The lowest BCUT2D eigenvalue weighted by molar-refractivity contribution is -0.124. The van der Waals surface area contributed by atoms with Crippen LogP contribution in [0.15, 0.2) is 42.5 Å². The number of carbonyl (C=O) groups excluding carboxylic acids is 2. The molecule has 0 unspecified atom stereocenters. The Morgan fingerprint density at radius 3 is 2.62 bits per heavy atom. The Morgan fingerprint density at radius 2 is 1.85 bits per heavy atom.